The number of hydrogen-bond donors (Lipinski definition) is 1. The number of nitrogens with one attached hydrogen (secondary N) is 1. The molecule has 1 amide bonds. The van der Waals surface area contributed by atoms with Gasteiger partial charge in [-0.1, -0.05) is 11.6 Å². The van der Waals surface area contributed by atoms with Gasteiger partial charge >= 0.3 is 0 Å². The number of amides is 1. The first-order valence-corrected chi connectivity index (χ1v) is 9.39. The molecule has 1 N–H and O–H groups in total. The average Bonchev–Trinajstić information content (AvgIpc) is 3.24. The number of carbonyl (C=O) groups excluding carboxylic acids is 1. The van der Waals surface area contributed by atoms with Gasteiger partial charge in [-0.15, -0.1) is 0 Å². The fraction of sp³-hybridized carbons (Fsp3) is 0.222. The minimum absolute atomic E-state index is 0.191. The summed E-state index contributed by atoms with van der Waals surface area (Å²) >= 11 is 7.78. The zero-order valence-corrected chi connectivity index (χ0v) is 15.4. The van der Waals surface area contributed by atoms with Gasteiger partial charge in [0.1, 0.15) is 17.3 Å². The van der Waals surface area contributed by atoms with Gasteiger partial charge in [-0.05, 0) is 44.2 Å². The second-order valence-corrected chi connectivity index (χ2v) is 7.36. The lowest BCUT2D eigenvalue weighted by molar-refractivity contribution is 0.102. The third-order valence-electron chi connectivity index (χ3n) is 4.14. The number of rotatable bonds is 3. The van der Waals surface area contributed by atoms with Gasteiger partial charge in [-0.25, -0.2) is 4.68 Å². The van der Waals surface area contributed by atoms with Crippen molar-refractivity contribution in [3.8, 4) is 5.69 Å². The van der Waals surface area contributed by atoms with Crippen LogP contribution in [-0.2, 0) is 11.5 Å². The van der Waals surface area contributed by atoms with Crippen LogP contribution in [0.3, 0.4) is 0 Å². The van der Waals surface area contributed by atoms with Crippen molar-refractivity contribution in [2.24, 2.45) is 0 Å². The van der Waals surface area contributed by atoms with E-state index in [-0.39, 0.29) is 5.91 Å². The van der Waals surface area contributed by atoms with Gasteiger partial charge in [-0.3, -0.25) is 4.79 Å². The largest absolute Gasteiger partial charge is 0.466 e. The second-order valence-electron chi connectivity index (χ2n) is 5.94. The lowest BCUT2D eigenvalue weighted by Crippen LogP contribution is -2.16. The SMILES string of the molecule is Cc1cc(C(=O)Nc2c3c(nn2-c2ccc(Cl)cc2)CSC3)c(C)o1. The molecule has 0 radical (unpaired) electrons. The maximum Gasteiger partial charge on any atom is 0.260 e. The van der Waals surface area contributed by atoms with Crippen LogP contribution in [0.5, 0.6) is 0 Å². The standard InChI is InChI=1S/C18H16ClN3O2S/c1-10-7-14(11(2)24-10)18(23)20-17-15-8-25-9-16(15)21-22(17)13-5-3-12(19)4-6-13/h3-7H,8-9H2,1-2H3,(H,20,23). The first-order valence-electron chi connectivity index (χ1n) is 7.86. The van der Waals surface area contributed by atoms with E-state index in [0.717, 1.165) is 34.2 Å². The highest BCUT2D eigenvalue weighted by molar-refractivity contribution is 7.98. The first kappa shape index (κ1) is 16.3. The third kappa shape index (κ3) is 2.96. The van der Waals surface area contributed by atoms with Crippen molar-refractivity contribution in [3.63, 3.8) is 0 Å². The predicted molar refractivity (Wildman–Crippen MR) is 99.7 cm³/mol. The number of hydrogen-bond acceptors (Lipinski definition) is 4. The Morgan fingerprint density at radius 1 is 1.28 bits per heavy atom. The number of nitrogens with zero attached hydrogens (tertiary/aromatic N) is 2. The molecule has 1 aliphatic heterocycles. The number of furan rings is 1. The molecule has 0 aliphatic carbocycles. The van der Waals surface area contributed by atoms with E-state index < -0.39 is 0 Å². The molecule has 5 nitrogen and oxygen atoms in total. The number of fused-ring (bicyclic) bond motifs is 1. The lowest BCUT2D eigenvalue weighted by Gasteiger charge is -2.11. The van der Waals surface area contributed by atoms with Crippen LogP contribution in [0.4, 0.5) is 5.82 Å². The first-order chi connectivity index (χ1) is 12.0. The Kier molecular flexibility index (Phi) is 4.09. The van der Waals surface area contributed by atoms with E-state index >= 15 is 0 Å². The highest BCUT2D eigenvalue weighted by Gasteiger charge is 2.26. The van der Waals surface area contributed by atoms with E-state index in [1.165, 1.54) is 0 Å². The van der Waals surface area contributed by atoms with Gasteiger partial charge < -0.3 is 9.73 Å². The van der Waals surface area contributed by atoms with Crippen molar-refractivity contribution in [1.29, 1.82) is 0 Å². The highest BCUT2D eigenvalue weighted by atomic mass is 35.5. The van der Waals surface area contributed by atoms with Crippen molar-refractivity contribution in [2.75, 3.05) is 5.32 Å². The monoisotopic (exact) mass is 373 g/mol. The molecule has 4 rings (SSSR count). The molecule has 0 atom stereocenters. The molecule has 0 bridgehead atoms. The second kappa shape index (κ2) is 6.28. The van der Waals surface area contributed by atoms with Crippen molar-refractivity contribution in [3.05, 3.63) is 63.7 Å². The van der Waals surface area contributed by atoms with Gasteiger partial charge in [0.05, 0.1) is 16.9 Å². The maximum atomic E-state index is 12.7. The zero-order valence-electron chi connectivity index (χ0n) is 13.8. The molecule has 7 heteroatoms. The van der Waals surface area contributed by atoms with E-state index in [4.69, 9.17) is 16.0 Å². The summed E-state index contributed by atoms with van der Waals surface area (Å²) in [4.78, 5) is 12.7. The van der Waals surface area contributed by atoms with Crippen LogP contribution in [0, 0.1) is 13.8 Å². The fourth-order valence-electron chi connectivity index (χ4n) is 2.94. The van der Waals surface area contributed by atoms with E-state index in [2.05, 4.69) is 10.4 Å². The van der Waals surface area contributed by atoms with Crippen LogP contribution in [-0.4, -0.2) is 15.7 Å². The smallest absolute Gasteiger partial charge is 0.260 e. The van der Waals surface area contributed by atoms with Crippen LogP contribution in [0.25, 0.3) is 5.69 Å². The number of carbonyl (C=O) groups is 1. The Morgan fingerprint density at radius 3 is 2.72 bits per heavy atom. The molecule has 1 aliphatic rings. The number of anilines is 1. The normalized spacial score (nSPS) is 13.1. The molecule has 128 valence electrons. The Hall–Kier alpha value is -2.18. The average molecular weight is 374 g/mol. The van der Waals surface area contributed by atoms with Gasteiger partial charge in [0, 0.05) is 22.1 Å². The van der Waals surface area contributed by atoms with Gasteiger partial charge in [0.15, 0.2) is 0 Å². The Bertz CT molecular complexity index is 960. The highest BCUT2D eigenvalue weighted by Crippen LogP contribution is 2.36. The summed E-state index contributed by atoms with van der Waals surface area (Å²) in [6, 6.07) is 9.16. The molecule has 3 heterocycles. The predicted octanol–water partition coefficient (Wildman–Crippen LogP) is 4.73. The van der Waals surface area contributed by atoms with Crippen LogP contribution < -0.4 is 5.32 Å². The van der Waals surface area contributed by atoms with E-state index in [0.29, 0.717) is 22.2 Å². The number of thioether (sulfide) groups is 1. The summed E-state index contributed by atoms with van der Waals surface area (Å²) in [5.74, 6) is 3.54. The molecule has 0 saturated heterocycles. The minimum atomic E-state index is -0.191. The Morgan fingerprint density at radius 2 is 2.04 bits per heavy atom. The van der Waals surface area contributed by atoms with Crippen molar-refractivity contribution >= 4 is 35.1 Å². The third-order valence-corrected chi connectivity index (χ3v) is 5.36. The summed E-state index contributed by atoms with van der Waals surface area (Å²) in [5, 5.41) is 8.37. The summed E-state index contributed by atoms with van der Waals surface area (Å²) in [7, 11) is 0. The van der Waals surface area contributed by atoms with Gasteiger partial charge in [0.25, 0.3) is 5.91 Å². The number of aryl methyl sites for hydroxylation is 2. The minimum Gasteiger partial charge on any atom is -0.466 e. The molecule has 3 aromatic rings. The number of aromatic nitrogens is 2. The molecule has 0 fully saturated rings. The molecule has 0 saturated carbocycles. The Labute approximate surface area is 154 Å². The topological polar surface area (TPSA) is 60.1 Å². The molecule has 0 spiro atoms. The molecular weight excluding hydrogens is 358 g/mol. The van der Waals surface area contributed by atoms with Gasteiger partial charge in [0.2, 0.25) is 0 Å². The van der Waals surface area contributed by atoms with Crippen LogP contribution in [0.1, 0.15) is 33.1 Å². The molecule has 25 heavy (non-hydrogen) atoms. The number of halogens is 1. The summed E-state index contributed by atoms with van der Waals surface area (Å²) < 4.78 is 7.25. The van der Waals surface area contributed by atoms with Crippen molar-refractivity contribution < 1.29 is 9.21 Å². The van der Waals surface area contributed by atoms with Gasteiger partial charge in [-0.2, -0.15) is 16.9 Å². The van der Waals surface area contributed by atoms with E-state index in [1.54, 1.807) is 29.4 Å². The molecule has 0 unspecified atom stereocenters. The Balaban J connectivity index is 1.74. The molecule has 1 aromatic carbocycles. The molecular formula is C18H16ClN3O2S. The summed E-state index contributed by atoms with van der Waals surface area (Å²) in [6.07, 6.45) is 0. The van der Waals surface area contributed by atoms with Crippen LogP contribution in [0.15, 0.2) is 34.7 Å². The summed E-state index contributed by atoms with van der Waals surface area (Å²) in [6.45, 7) is 3.62. The van der Waals surface area contributed by atoms with E-state index in [9.17, 15) is 4.79 Å². The van der Waals surface area contributed by atoms with Crippen LogP contribution in [0.2, 0.25) is 5.02 Å². The van der Waals surface area contributed by atoms with E-state index in [1.807, 2.05) is 31.2 Å². The van der Waals surface area contributed by atoms with Crippen molar-refractivity contribution in [1.82, 2.24) is 9.78 Å². The van der Waals surface area contributed by atoms with Crippen LogP contribution >= 0.6 is 23.4 Å². The summed E-state index contributed by atoms with van der Waals surface area (Å²) in [5.41, 5.74) is 3.49. The lowest BCUT2D eigenvalue weighted by atomic mass is 10.2. The zero-order chi connectivity index (χ0) is 17.6. The number of benzene rings is 1. The quantitative estimate of drug-likeness (QED) is 0.720. The van der Waals surface area contributed by atoms with Crippen molar-refractivity contribution in [2.45, 2.75) is 25.4 Å². The fourth-order valence-corrected chi connectivity index (χ4v) is 4.10. The maximum absolute atomic E-state index is 12.7. The molecule has 2 aromatic heterocycles.